The highest BCUT2D eigenvalue weighted by Crippen LogP contribution is 2.25. The van der Waals surface area contributed by atoms with Crippen molar-refractivity contribution >= 4 is 5.91 Å². The van der Waals surface area contributed by atoms with Crippen molar-refractivity contribution in [3.8, 4) is 0 Å². The second-order valence-corrected chi connectivity index (χ2v) is 3.57. The molecule has 1 heterocycles. The molecule has 1 aliphatic heterocycles. The van der Waals surface area contributed by atoms with E-state index in [-0.39, 0.29) is 6.42 Å². The smallest absolute Gasteiger partial charge is 0.251 e. The first-order valence-corrected chi connectivity index (χ1v) is 4.54. The number of nitrogens with one attached hydrogen (secondary N) is 1. The SMILES string of the molecule is CC(=O)N[C@@]1(O)C[C@@H](O)[C@H](O)[C@@H](CO)O1. The molecule has 0 aromatic carbocycles. The fourth-order valence-electron chi connectivity index (χ4n) is 1.52. The summed E-state index contributed by atoms with van der Waals surface area (Å²) in [7, 11) is 0. The maximum Gasteiger partial charge on any atom is 0.251 e. The lowest BCUT2D eigenvalue weighted by Gasteiger charge is -2.41. The van der Waals surface area contributed by atoms with Gasteiger partial charge in [0, 0.05) is 6.92 Å². The maximum absolute atomic E-state index is 10.7. The van der Waals surface area contributed by atoms with Gasteiger partial charge >= 0.3 is 0 Å². The number of aliphatic hydroxyl groups excluding tert-OH is 3. The Morgan fingerprint density at radius 2 is 2.20 bits per heavy atom. The Hall–Kier alpha value is -0.730. The van der Waals surface area contributed by atoms with E-state index in [0.717, 1.165) is 0 Å². The van der Waals surface area contributed by atoms with E-state index in [1.807, 2.05) is 0 Å². The van der Waals surface area contributed by atoms with Crippen molar-refractivity contribution in [1.29, 1.82) is 0 Å². The molecular formula is C8H15NO6. The summed E-state index contributed by atoms with van der Waals surface area (Å²) < 4.78 is 4.88. The van der Waals surface area contributed by atoms with Gasteiger partial charge in [-0.2, -0.15) is 0 Å². The highest BCUT2D eigenvalue weighted by Gasteiger charge is 2.45. The zero-order chi connectivity index (χ0) is 11.6. The molecule has 0 radical (unpaired) electrons. The first-order chi connectivity index (χ1) is 6.88. The quantitative estimate of drug-likeness (QED) is 0.323. The number of hydrogen-bond donors (Lipinski definition) is 5. The van der Waals surface area contributed by atoms with Crippen molar-refractivity contribution in [3.05, 3.63) is 0 Å². The van der Waals surface area contributed by atoms with Crippen LogP contribution in [0.5, 0.6) is 0 Å². The van der Waals surface area contributed by atoms with Crippen molar-refractivity contribution in [3.63, 3.8) is 0 Å². The Kier molecular flexibility index (Phi) is 3.63. The third-order valence-electron chi connectivity index (χ3n) is 2.16. The molecule has 0 unspecified atom stereocenters. The third-order valence-corrected chi connectivity index (χ3v) is 2.16. The molecule has 4 atom stereocenters. The highest BCUT2D eigenvalue weighted by atomic mass is 16.7. The van der Waals surface area contributed by atoms with Crippen LogP contribution in [0.25, 0.3) is 0 Å². The van der Waals surface area contributed by atoms with Gasteiger partial charge in [0.25, 0.3) is 5.91 Å². The molecule has 5 N–H and O–H groups in total. The summed E-state index contributed by atoms with van der Waals surface area (Å²) in [5.41, 5.74) is 0. The fraction of sp³-hybridized carbons (Fsp3) is 0.875. The van der Waals surface area contributed by atoms with Gasteiger partial charge in [0.05, 0.1) is 19.1 Å². The number of hydrogen-bond acceptors (Lipinski definition) is 6. The van der Waals surface area contributed by atoms with Crippen LogP contribution in [0.3, 0.4) is 0 Å². The first-order valence-electron chi connectivity index (χ1n) is 4.54. The van der Waals surface area contributed by atoms with Crippen molar-refractivity contribution in [2.75, 3.05) is 6.61 Å². The molecular weight excluding hydrogens is 206 g/mol. The van der Waals surface area contributed by atoms with E-state index in [1.54, 1.807) is 0 Å². The van der Waals surface area contributed by atoms with Gasteiger partial charge in [0.15, 0.2) is 0 Å². The predicted molar refractivity (Wildman–Crippen MR) is 47.4 cm³/mol. The normalized spacial score (nSPS) is 41.3. The molecule has 1 amide bonds. The number of carbonyl (C=O) groups is 1. The van der Waals surface area contributed by atoms with Crippen LogP contribution in [0.15, 0.2) is 0 Å². The topological polar surface area (TPSA) is 119 Å². The summed E-state index contributed by atoms with van der Waals surface area (Å²) >= 11 is 0. The second-order valence-electron chi connectivity index (χ2n) is 3.57. The van der Waals surface area contributed by atoms with Gasteiger partial charge in [0.1, 0.15) is 12.2 Å². The standard InChI is InChI=1S/C8H15NO6/c1-4(11)9-8(14)2-5(12)7(13)6(3-10)15-8/h5-7,10,12-14H,2-3H2,1H3,(H,9,11)/t5-,6-,7+,8-/m1/s1. The summed E-state index contributed by atoms with van der Waals surface area (Å²) in [6.07, 6.45) is -4.05. The number of aliphatic hydroxyl groups is 4. The Balaban J connectivity index is 2.73. The highest BCUT2D eigenvalue weighted by molar-refractivity contribution is 5.73. The average Bonchev–Trinajstić information content (AvgIpc) is 2.09. The van der Waals surface area contributed by atoms with Crippen molar-refractivity contribution in [1.82, 2.24) is 5.32 Å². The summed E-state index contributed by atoms with van der Waals surface area (Å²) in [6, 6.07) is 0. The molecule has 15 heavy (non-hydrogen) atoms. The molecule has 0 spiro atoms. The Bertz CT molecular complexity index is 247. The second kappa shape index (κ2) is 4.42. The monoisotopic (exact) mass is 221 g/mol. The molecule has 0 saturated carbocycles. The zero-order valence-corrected chi connectivity index (χ0v) is 8.25. The minimum Gasteiger partial charge on any atom is -0.394 e. The summed E-state index contributed by atoms with van der Waals surface area (Å²) in [6.45, 7) is 0.604. The number of carbonyl (C=O) groups excluding carboxylic acids is 1. The van der Waals surface area contributed by atoms with Gasteiger partial charge in [-0.25, -0.2) is 0 Å². The molecule has 7 heteroatoms. The van der Waals surface area contributed by atoms with E-state index in [0.29, 0.717) is 0 Å². The summed E-state index contributed by atoms with van der Waals surface area (Å²) in [4.78, 5) is 10.7. The van der Waals surface area contributed by atoms with Crippen LogP contribution in [-0.2, 0) is 9.53 Å². The van der Waals surface area contributed by atoms with E-state index in [4.69, 9.17) is 9.84 Å². The molecule has 1 aliphatic rings. The third kappa shape index (κ3) is 2.86. The minimum atomic E-state index is -2.04. The number of rotatable bonds is 2. The Morgan fingerprint density at radius 3 is 2.67 bits per heavy atom. The van der Waals surface area contributed by atoms with Crippen LogP contribution < -0.4 is 5.32 Å². The molecule has 88 valence electrons. The summed E-state index contributed by atoms with van der Waals surface area (Å²) in [5, 5.41) is 39.3. The fourth-order valence-corrected chi connectivity index (χ4v) is 1.52. The van der Waals surface area contributed by atoms with Crippen molar-refractivity contribution in [2.24, 2.45) is 0 Å². The molecule has 1 rings (SSSR count). The molecule has 0 aliphatic carbocycles. The zero-order valence-electron chi connectivity index (χ0n) is 8.25. The molecule has 7 nitrogen and oxygen atoms in total. The van der Waals surface area contributed by atoms with Crippen LogP contribution in [0.2, 0.25) is 0 Å². The largest absolute Gasteiger partial charge is 0.394 e. The van der Waals surface area contributed by atoms with Crippen LogP contribution in [0, 0.1) is 0 Å². The van der Waals surface area contributed by atoms with E-state index < -0.39 is 36.7 Å². The van der Waals surface area contributed by atoms with Gasteiger partial charge in [0.2, 0.25) is 5.91 Å². The van der Waals surface area contributed by atoms with Crippen molar-refractivity contribution in [2.45, 2.75) is 37.6 Å². The van der Waals surface area contributed by atoms with E-state index in [9.17, 15) is 20.1 Å². The summed E-state index contributed by atoms with van der Waals surface area (Å²) in [5.74, 6) is -2.59. The predicted octanol–water partition coefficient (Wildman–Crippen LogP) is -2.73. The Morgan fingerprint density at radius 1 is 1.60 bits per heavy atom. The maximum atomic E-state index is 10.7. The Labute approximate surface area is 86.3 Å². The van der Waals surface area contributed by atoms with Gasteiger partial charge < -0.3 is 30.5 Å². The van der Waals surface area contributed by atoms with Gasteiger partial charge in [-0.3, -0.25) is 4.79 Å². The van der Waals surface area contributed by atoms with Crippen LogP contribution >= 0.6 is 0 Å². The number of ether oxygens (including phenoxy) is 1. The molecule has 0 bridgehead atoms. The lowest BCUT2D eigenvalue weighted by molar-refractivity contribution is -0.315. The lowest BCUT2D eigenvalue weighted by Crippen LogP contribution is -2.62. The van der Waals surface area contributed by atoms with E-state index in [2.05, 4.69) is 5.32 Å². The van der Waals surface area contributed by atoms with E-state index in [1.165, 1.54) is 6.92 Å². The first kappa shape index (κ1) is 12.3. The molecule has 1 fully saturated rings. The van der Waals surface area contributed by atoms with E-state index >= 15 is 0 Å². The van der Waals surface area contributed by atoms with Gasteiger partial charge in [-0.15, -0.1) is 0 Å². The van der Waals surface area contributed by atoms with Gasteiger partial charge in [-0.05, 0) is 0 Å². The van der Waals surface area contributed by atoms with Crippen molar-refractivity contribution < 1.29 is 30.0 Å². The molecule has 1 saturated heterocycles. The average molecular weight is 221 g/mol. The molecule has 0 aromatic rings. The van der Waals surface area contributed by atoms with Gasteiger partial charge in [-0.1, -0.05) is 0 Å². The van der Waals surface area contributed by atoms with Crippen LogP contribution in [-0.4, -0.2) is 57.2 Å². The van der Waals surface area contributed by atoms with Crippen LogP contribution in [0.1, 0.15) is 13.3 Å². The van der Waals surface area contributed by atoms with Crippen LogP contribution in [0.4, 0.5) is 0 Å². The molecule has 0 aromatic heterocycles. The lowest BCUT2D eigenvalue weighted by atomic mass is 9.99. The number of amides is 1. The minimum absolute atomic E-state index is 0.357.